The maximum absolute atomic E-state index is 12.8. The Morgan fingerprint density at radius 2 is 2.05 bits per heavy atom. The number of amides is 1. The zero-order valence-corrected chi connectivity index (χ0v) is 12.6. The van der Waals surface area contributed by atoms with E-state index in [1.54, 1.807) is 0 Å². The van der Waals surface area contributed by atoms with Crippen molar-refractivity contribution in [2.45, 2.75) is 32.8 Å². The highest BCUT2D eigenvalue weighted by atomic mass is 32.1. The standard InChI is InChI=1S/C14H16FN3O2S/c1-3-11(20-10-7-5-9(15)6-8-10)13(19)16-14-18-17-12(4-2)21-14/h5-8,11H,3-4H2,1-2H3,(H,16,18,19). The van der Waals surface area contributed by atoms with Gasteiger partial charge >= 0.3 is 0 Å². The molecule has 1 N–H and O–H groups in total. The fourth-order valence-corrected chi connectivity index (χ4v) is 2.32. The maximum Gasteiger partial charge on any atom is 0.267 e. The molecule has 1 aromatic heterocycles. The van der Waals surface area contributed by atoms with Gasteiger partial charge in [0.2, 0.25) is 5.13 Å². The van der Waals surface area contributed by atoms with Crippen LogP contribution in [0.5, 0.6) is 5.75 Å². The summed E-state index contributed by atoms with van der Waals surface area (Å²) in [6.45, 7) is 3.81. The van der Waals surface area contributed by atoms with Crippen LogP contribution in [0.2, 0.25) is 0 Å². The topological polar surface area (TPSA) is 64.1 Å². The Hall–Kier alpha value is -2.02. The molecule has 1 unspecified atom stereocenters. The summed E-state index contributed by atoms with van der Waals surface area (Å²) in [5, 5.41) is 11.8. The van der Waals surface area contributed by atoms with E-state index >= 15 is 0 Å². The summed E-state index contributed by atoms with van der Waals surface area (Å²) in [5.74, 6) is -0.189. The second kappa shape index (κ2) is 7.12. The van der Waals surface area contributed by atoms with E-state index in [9.17, 15) is 9.18 Å². The monoisotopic (exact) mass is 309 g/mol. The number of benzene rings is 1. The highest BCUT2D eigenvalue weighted by Gasteiger charge is 2.20. The van der Waals surface area contributed by atoms with Crippen molar-refractivity contribution in [1.29, 1.82) is 0 Å². The van der Waals surface area contributed by atoms with Crippen molar-refractivity contribution < 1.29 is 13.9 Å². The van der Waals surface area contributed by atoms with E-state index in [0.717, 1.165) is 11.4 Å². The molecule has 1 amide bonds. The largest absolute Gasteiger partial charge is 0.481 e. The molecular formula is C14H16FN3O2S. The van der Waals surface area contributed by atoms with Crippen molar-refractivity contribution in [3.8, 4) is 5.75 Å². The number of carbonyl (C=O) groups is 1. The van der Waals surface area contributed by atoms with Gasteiger partial charge in [-0.3, -0.25) is 10.1 Å². The zero-order chi connectivity index (χ0) is 15.2. The molecule has 21 heavy (non-hydrogen) atoms. The molecule has 2 aromatic rings. The average Bonchev–Trinajstić information content (AvgIpc) is 2.94. The number of aryl methyl sites for hydroxylation is 1. The van der Waals surface area contributed by atoms with Crippen molar-refractivity contribution in [2.24, 2.45) is 0 Å². The Bertz CT molecular complexity index is 601. The van der Waals surface area contributed by atoms with Crippen LogP contribution in [0.1, 0.15) is 25.3 Å². The summed E-state index contributed by atoms with van der Waals surface area (Å²) < 4.78 is 18.4. The van der Waals surface area contributed by atoms with Gasteiger partial charge in [-0.2, -0.15) is 0 Å². The van der Waals surface area contributed by atoms with Gasteiger partial charge < -0.3 is 4.74 Å². The van der Waals surface area contributed by atoms with Crippen LogP contribution >= 0.6 is 11.3 Å². The third-order valence-corrected chi connectivity index (χ3v) is 3.74. The van der Waals surface area contributed by atoms with Crippen molar-refractivity contribution in [3.05, 3.63) is 35.1 Å². The summed E-state index contributed by atoms with van der Waals surface area (Å²) in [6.07, 6.45) is 0.601. The van der Waals surface area contributed by atoms with Gasteiger partial charge in [0.05, 0.1) is 0 Å². The van der Waals surface area contributed by atoms with Crippen LogP contribution in [0.25, 0.3) is 0 Å². The lowest BCUT2D eigenvalue weighted by molar-refractivity contribution is -0.122. The fourth-order valence-electron chi connectivity index (χ4n) is 1.63. The molecule has 0 aliphatic rings. The molecule has 0 spiro atoms. The van der Waals surface area contributed by atoms with Gasteiger partial charge in [0.25, 0.3) is 5.91 Å². The van der Waals surface area contributed by atoms with Crippen molar-refractivity contribution in [1.82, 2.24) is 10.2 Å². The molecular weight excluding hydrogens is 293 g/mol. The lowest BCUT2D eigenvalue weighted by Gasteiger charge is -2.16. The summed E-state index contributed by atoms with van der Waals surface area (Å²) in [4.78, 5) is 12.1. The Labute approximate surface area is 126 Å². The number of halogens is 1. The van der Waals surface area contributed by atoms with Crippen LogP contribution in [-0.4, -0.2) is 22.2 Å². The minimum atomic E-state index is -0.663. The minimum absolute atomic E-state index is 0.291. The fraction of sp³-hybridized carbons (Fsp3) is 0.357. The molecule has 1 aromatic carbocycles. The molecule has 0 aliphatic carbocycles. The summed E-state index contributed by atoms with van der Waals surface area (Å²) in [6, 6.07) is 5.56. The van der Waals surface area contributed by atoms with Crippen LogP contribution in [0.15, 0.2) is 24.3 Å². The number of hydrogen-bond acceptors (Lipinski definition) is 5. The van der Waals surface area contributed by atoms with Crippen molar-refractivity contribution in [3.63, 3.8) is 0 Å². The Morgan fingerprint density at radius 3 is 2.62 bits per heavy atom. The molecule has 112 valence electrons. The Morgan fingerprint density at radius 1 is 1.33 bits per heavy atom. The lowest BCUT2D eigenvalue weighted by atomic mass is 10.2. The van der Waals surface area contributed by atoms with Gasteiger partial charge in [-0.15, -0.1) is 10.2 Å². The highest BCUT2D eigenvalue weighted by Crippen LogP contribution is 2.18. The molecule has 0 saturated carbocycles. The highest BCUT2D eigenvalue weighted by molar-refractivity contribution is 7.15. The van der Waals surface area contributed by atoms with Crippen molar-refractivity contribution in [2.75, 3.05) is 5.32 Å². The van der Waals surface area contributed by atoms with Crippen LogP contribution in [0, 0.1) is 5.82 Å². The normalized spacial score (nSPS) is 12.0. The third kappa shape index (κ3) is 4.22. The van der Waals surface area contributed by atoms with Gasteiger partial charge in [-0.05, 0) is 37.1 Å². The number of hydrogen-bond donors (Lipinski definition) is 1. The predicted octanol–water partition coefficient (Wildman–Crippen LogP) is 3.04. The number of carbonyl (C=O) groups excluding carboxylic acids is 1. The van der Waals surface area contributed by atoms with Crippen LogP contribution < -0.4 is 10.1 Å². The van der Waals surface area contributed by atoms with Gasteiger partial charge in [-0.25, -0.2) is 4.39 Å². The van der Waals surface area contributed by atoms with Crippen LogP contribution in [0.3, 0.4) is 0 Å². The first-order valence-electron chi connectivity index (χ1n) is 6.67. The van der Waals surface area contributed by atoms with E-state index in [4.69, 9.17) is 4.74 Å². The average molecular weight is 309 g/mol. The van der Waals surface area contributed by atoms with Crippen molar-refractivity contribution >= 4 is 22.4 Å². The second-order valence-corrected chi connectivity index (χ2v) is 5.37. The first-order chi connectivity index (χ1) is 10.1. The molecule has 0 aliphatic heterocycles. The van der Waals surface area contributed by atoms with Gasteiger partial charge in [0.1, 0.15) is 16.6 Å². The number of nitrogens with one attached hydrogen (secondary N) is 1. The number of ether oxygens (including phenoxy) is 1. The molecule has 0 saturated heterocycles. The summed E-state index contributed by atoms with van der Waals surface area (Å²) >= 11 is 1.34. The molecule has 5 nitrogen and oxygen atoms in total. The van der Waals surface area contributed by atoms with Crippen LogP contribution in [-0.2, 0) is 11.2 Å². The molecule has 1 heterocycles. The third-order valence-electron chi connectivity index (χ3n) is 2.75. The number of anilines is 1. The number of rotatable bonds is 6. The second-order valence-electron chi connectivity index (χ2n) is 4.31. The van der Waals surface area contributed by atoms with E-state index in [1.165, 1.54) is 35.6 Å². The molecule has 0 bridgehead atoms. The van der Waals surface area contributed by atoms with Gasteiger partial charge in [0.15, 0.2) is 6.10 Å². The van der Waals surface area contributed by atoms with Gasteiger partial charge in [0, 0.05) is 0 Å². The zero-order valence-electron chi connectivity index (χ0n) is 11.8. The lowest BCUT2D eigenvalue weighted by Crippen LogP contribution is -2.32. The summed E-state index contributed by atoms with van der Waals surface area (Å²) in [7, 11) is 0. The number of nitrogens with zero attached hydrogens (tertiary/aromatic N) is 2. The number of aromatic nitrogens is 2. The van der Waals surface area contributed by atoms with E-state index in [0.29, 0.717) is 17.3 Å². The molecule has 0 radical (unpaired) electrons. The quantitative estimate of drug-likeness (QED) is 0.891. The Kier molecular flexibility index (Phi) is 5.21. The van der Waals surface area contributed by atoms with E-state index in [-0.39, 0.29) is 11.7 Å². The molecule has 2 rings (SSSR count). The van der Waals surface area contributed by atoms with Gasteiger partial charge in [-0.1, -0.05) is 25.2 Å². The molecule has 7 heteroatoms. The molecule has 1 atom stereocenters. The van der Waals surface area contributed by atoms with E-state index < -0.39 is 6.10 Å². The van der Waals surface area contributed by atoms with E-state index in [2.05, 4.69) is 15.5 Å². The summed E-state index contributed by atoms with van der Waals surface area (Å²) in [5.41, 5.74) is 0. The smallest absolute Gasteiger partial charge is 0.267 e. The molecule has 0 fully saturated rings. The predicted molar refractivity (Wildman–Crippen MR) is 79.0 cm³/mol. The first kappa shape index (κ1) is 15.4. The SMILES string of the molecule is CCc1nnc(NC(=O)C(CC)Oc2ccc(F)cc2)s1. The van der Waals surface area contributed by atoms with E-state index in [1.807, 2.05) is 13.8 Å². The van der Waals surface area contributed by atoms with Crippen LogP contribution in [0.4, 0.5) is 9.52 Å². The first-order valence-corrected chi connectivity index (χ1v) is 7.49. The Balaban J connectivity index is 1.99. The maximum atomic E-state index is 12.8. The minimum Gasteiger partial charge on any atom is -0.481 e.